The van der Waals surface area contributed by atoms with Crippen molar-refractivity contribution in [3.05, 3.63) is 72.6 Å². The van der Waals surface area contributed by atoms with Gasteiger partial charge in [0.05, 0.1) is 29.9 Å². The van der Waals surface area contributed by atoms with Crippen LogP contribution in [0.2, 0.25) is 0 Å². The molecule has 0 radical (unpaired) electrons. The van der Waals surface area contributed by atoms with Crippen molar-refractivity contribution in [1.29, 1.82) is 0 Å². The summed E-state index contributed by atoms with van der Waals surface area (Å²) in [5, 5.41) is 13.5. The average Bonchev–Trinajstić information content (AvgIpc) is 2.75. The number of amides is 2. The number of primary amides is 1. The summed E-state index contributed by atoms with van der Waals surface area (Å²) >= 11 is 0. The fourth-order valence-electron chi connectivity index (χ4n) is 2.67. The molecule has 0 fully saturated rings. The number of nitrogens with zero attached hydrogens (tertiary/aromatic N) is 3. The van der Waals surface area contributed by atoms with Crippen LogP contribution in [-0.2, 0) is 16.5 Å². The van der Waals surface area contributed by atoms with Crippen molar-refractivity contribution < 1.29 is 36.6 Å². The number of hydrogen-bond donors (Lipinski definition) is 2. The molecule has 2 aromatic carbocycles. The van der Waals surface area contributed by atoms with E-state index < -0.39 is 6.03 Å². The quantitative estimate of drug-likeness (QED) is 0.156. The Kier molecular flexibility index (Phi) is 9.84. The van der Waals surface area contributed by atoms with E-state index in [2.05, 4.69) is 39.3 Å². The van der Waals surface area contributed by atoms with Gasteiger partial charge in [0.15, 0.2) is 0 Å². The molecule has 2 aromatic heterocycles. The van der Waals surface area contributed by atoms with Gasteiger partial charge in [0.25, 0.3) is 0 Å². The molecule has 0 atom stereocenters. The molecule has 6 N–H and O–H groups in total. The molecule has 0 saturated carbocycles. The predicted octanol–water partition coefficient (Wildman–Crippen LogP) is 2.74. The van der Waals surface area contributed by atoms with Crippen LogP contribution in [0.1, 0.15) is 5.56 Å². The van der Waals surface area contributed by atoms with Crippen LogP contribution in [0.5, 0.6) is 11.5 Å². The Bertz CT molecular complexity index is 1130. The normalized spacial score (nSPS) is 9.84. The molecule has 2 amide bonds. The van der Waals surface area contributed by atoms with Crippen LogP contribution < -0.4 is 15.9 Å². The third-order valence-electron chi connectivity index (χ3n) is 4.00. The van der Waals surface area contributed by atoms with Crippen molar-refractivity contribution in [2.24, 2.45) is 10.8 Å². The number of methoxy groups -OCH3 is 1. The fourth-order valence-corrected chi connectivity index (χ4v) is 2.67. The van der Waals surface area contributed by atoms with E-state index in [0.717, 1.165) is 21.8 Å². The van der Waals surface area contributed by atoms with Gasteiger partial charge in [0, 0.05) is 23.2 Å². The van der Waals surface area contributed by atoms with E-state index in [9.17, 15) is 4.79 Å². The zero-order valence-corrected chi connectivity index (χ0v) is 17.4. The van der Waals surface area contributed by atoms with Gasteiger partial charge in [-0.05, 0) is 24.3 Å². The molecule has 4 rings (SSSR count). The molecular formula is C21H21N5NiO4+2. The minimum atomic E-state index is -0.749. The Hall–Kier alpha value is -3.75. The van der Waals surface area contributed by atoms with E-state index in [1.807, 2.05) is 17.6 Å². The minimum absolute atomic E-state index is 0. The van der Waals surface area contributed by atoms with Crippen molar-refractivity contribution in [2.45, 2.75) is 0 Å². The summed E-state index contributed by atoms with van der Waals surface area (Å²) in [6, 6.07) is 16.5. The van der Waals surface area contributed by atoms with Gasteiger partial charge in [-0.25, -0.2) is 10.2 Å². The zero-order valence-electron chi connectivity index (χ0n) is 16.4. The minimum Gasteiger partial charge on any atom is -0.870 e. The Morgan fingerprint density at radius 2 is 1.61 bits per heavy atom. The second kappa shape index (κ2) is 12.1. The van der Waals surface area contributed by atoms with Crippen LogP contribution in [0.3, 0.4) is 0 Å². The Morgan fingerprint density at radius 1 is 1.03 bits per heavy atom. The van der Waals surface area contributed by atoms with E-state index in [0.29, 0.717) is 11.3 Å². The number of benzene rings is 2. The van der Waals surface area contributed by atoms with Gasteiger partial charge in [-0.1, -0.05) is 30.3 Å². The maximum Gasteiger partial charge on any atom is 2.00 e. The van der Waals surface area contributed by atoms with Gasteiger partial charge in [-0.2, -0.15) is 5.10 Å². The number of nitrogens with two attached hydrogens (primary N) is 1. The van der Waals surface area contributed by atoms with Crippen LogP contribution in [0.4, 0.5) is 4.79 Å². The second-order valence-electron chi connectivity index (χ2n) is 5.87. The summed E-state index contributed by atoms with van der Waals surface area (Å²) in [5.41, 5.74) is 9.34. The Morgan fingerprint density at radius 3 is 2.13 bits per heavy atom. The van der Waals surface area contributed by atoms with Crippen LogP contribution >= 0.6 is 0 Å². The Labute approximate surface area is 188 Å². The number of para-hydroxylation sites is 1. The third kappa shape index (κ3) is 6.37. The van der Waals surface area contributed by atoms with E-state index in [-0.39, 0.29) is 27.7 Å². The monoisotopic (exact) mass is 465 g/mol. The summed E-state index contributed by atoms with van der Waals surface area (Å²) < 4.78 is 4.95. The van der Waals surface area contributed by atoms with E-state index in [4.69, 9.17) is 15.6 Å². The zero-order chi connectivity index (χ0) is 20.6. The summed E-state index contributed by atoms with van der Waals surface area (Å²) in [6.07, 6.45) is 4.93. The van der Waals surface area contributed by atoms with E-state index in [1.54, 1.807) is 30.6 Å². The number of hydrazone groups is 1. The first-order valence-corrected chi connectivity index (χ1v) is 8.65. The first kappa shape index (κ1) is 25.3. The van der Waals surface area contributed by atoms with Gasteiger partial charge >= 0.3 is 28.3 Å². The number of carbonyl (C=O) groups excluding carboxylic acids is 1. The number of fused-ring (bicyclic) bond motifs is 3. The fraction of sp³-hybridized carbons (Fsp3) is 0.0476. The number of pyridine rings is 2. The van der Waals surface area contributed by atoms with E-state index in [1.165, 1.54) is 13.3 Å². The van der Waals surface area contributed by atoms with Crippen LogP contribution in [0.25, 0.3) is 21.8 Å². The molecule has 162 valence electrons. The molecule has 0 aliphatic rings. The van der Waals surface area contributed by atoms with Crippen molar-refractivity contribution in [1.82, 2.24) is 15.4 Å². The maximum absolute atomic E-state index is 10.3. The molecule has 9 nitrogen and oxygen atoms in total. The molecule has 31 heavy (non-hydrogen) atoms. The molecule has 0 aliphatic heterocycles. The number of rotatable bonds is 3. The summed E-state index contributed by atoms with van der Waals surface area (Å²) in [6.45, 7) is 0. The van der Waals surface area contributed by atoms with Crippen LogP contribution in [0, 0.1) is 0 Å². The molecule has 0 aliphatic carbocycles. The summed E-state index contributed by atoms with van der Waals surface area (Å²) in [4.78, 5) is 19.0. The molecule has 0 bridgehead atoms. The Balaban J connectivity index is 0.000000291. The van der Waals surface area contributed by atoms with Crippen molar-refractivity contribution in [3.8, 4) is 11.5 Å². The first-order valence-electron chi connectivity index (χ1n) is 8.65. The third-order valence-corrected chi connectivity index (χ3v) is 4.00. The molecule has 2 heterocycles. The van der Waals surface area contributed by atoms with Crippen molar-refractivity contribution in [3.63, 3.8) is 0 Å². The predicted molar refractivity (Wildman–Crippen MR) is 115 cm³/mol. The second-order valence-corrected chi connectivity index (χ2v) is 5.87. The average molecular weight is 466 g/mol. The SMILES string of the molecule is COc1cccc(C=NNC(N)=O)c1[OH2+].[Ni+2].[OH-].c1cnc2c(c1)ccc1cccnc12. The van der Waals surface area contributed by atoms with Crippen LogP contribution in [0.15, 0.2) is 72.1 Å². The number of nitrogens with one attached hydrogen (secondary N) is 1. The van der Waals surface area contributed by atoms with E-state index >= 15 is 0 Å². The van der Waals surface area contributed by atoms with Crippen LogP contribution in [-0.4, -0.2) is 39.9 Å². The number of hydrogen-bond acceptors (Lipinski definition) is 6. The molecule has 0 spiro atoms. The summed E-state index contributed by atoms with van der Waals surface area (Å²) in [5.74, 6) is 0.646. The number of ether oxygens (including phenoxy) is 1. The van der Waals surface area contributed by atoms with Crippen molar-refractivity contribution >= 4 is 34.1 Å². The standard InChI is InChI=1S/C12H8N2.C9H11N3O3.Ni.H2O/c1-3-9-5-6-10-4-2-8-14-12(10)11(9)13-7-1;1-15-7-4-2-3-6(8(7)13)5-11-12-9(10)14;;/h1-8H;2-5,13H,1H3,(H3,10,12,14);;1H2/q;;+2;. The maximum atomic E-state index is 10.3. The smallest absolute Gasteiger partial charge is 0.870 e. The number of carbonyl (C=O) groups is 1. The molecule has 10 heteroatoms. The first-order chi connectivity index (χ1) is 14.1. The number of aromatic nitrogens is 2. The molecule has 0 unspecified atom stereocenters. The molecular weight excluding hydrogens is 445 g/mol. The topological polar surface area (TPSA) is 155 Å². The van der Waals surface area contributed by atoms with Crippen molar-refractivity contribution in [2.75, 3.05) is 7.11 Å². The van der Waals surface area contributed by atoms with Gasteiger partial charge in [0.2, 0.25) is 5.75 Å². The largest absolute Gasteiger partial charge is 2.00 e. The van der Waals surface area contributed by atoms with Gasteiger partial charge in [-0.3, -0.25) is 9.97 Å². The van der Waals surface area contributed by atoms with Gasteiger partial charge in [-0.15, -0.1) is 0 Å². The number of urea groups is 1. The summed E-state index contributed by atoms with van der Waals surface area (Å²) in [7, 11) is 1.48. The molecule has 4 aromatic rings. The van der Waals surface area contributed by atoms with Gasteiger partial charge < -0.3 is 21.1 Å². The van der Waals surface area contributed by atoms with Gasteiger partial charge in [0.1, 0.15) is 0 Å². The molecule has 0 saturated heterocycles.